The molecule has 0 aromatic carbocycles. The summed E-state index contributed by atoms with van der Waals surface area (Å²) in [6, 6.07) is -1.05. The van der Waals surface area contributed by atoms with Gasteiger partial charge in [-0.3, -0.25) is 0 Å². The molecule has 0 radical (unpaired) electrons. The number of rotatable bonds is 6. The molecule has 0 aliphatic carbocycles. The van der Waals surface area contributed by atoms with E-state index in [1.165, 1.54) is 0 Å². The van der Waals surface area contributed by atoms with E-state index in [9.17, 15) is 9.59 Å². The predicted octanol–water partition coefficient (Wildman–Crippen LogP) is 1.93. The van der Waals surface area contributed by atoms with Crippen LogP contribution in [0.15, 0.2) is 0 Å². The number of carboxylic acid groups (broad SMARTS) is 1. The Hall–Kier alpha value is -1.26. The van der Waals surface area contributed by atoms with Crippen molar-refractivity contribution in [3.05, 3.63) is 0 Å². The molecule has 0 saturated carbocycles. The lowest BCUT2D eigenvalue weighted by Gasteiger charge is -2.29. The molecule has 0 rings (SSSR count). The summed E-state index contributed by atoms with van der Waals surface area (Å²) >= 11 is 0. The minimum Gasteiger partial charge on any atom is -0.480 e. The summed E-state index contributed by atoms with van der Waals surface area (Å²) in [7, 11) is 0. The van der Waals surface area contributed by atoms with Crippen molar-refractivity contribution in [2.45, 2.75) is 53.1 Å². The van der Waals surface area contributed by atoms with Crippen LogP contribution in [0, 0.1) is 5.92 Å². The third-order valence-corrected chi connectivity index (χ3v) is 2.45. The maximum absolute atomic E-state index is 11.9. The van der Waals surface area contributed by atoms with E-state index < -0.39 is 12.0 Å². The number of carbonyl (C=O) groups excluding carboxylic acids is 1. The van der Waals surface area contributed by atoms with E-state index in [4.69, 9.17) is 5.11 Å². The van der Waals surface area contributed by atoms with Gasteiger partial charge in [-0.25, -0.2) is 9.59 Å². The van der Waals surface area contributed by atoms with Gasteiger partial charge in [0, 0.05) is 12.6 Å². The summed E-state index contributed by atoms with van der Waals surface area (Å²) in [6.45, 7) is 10.3. The summed E-state index contributed by atoms with van der Waals surface area (Å²) in [5.41, 5.74) is 0. The minimum absolute atomic E-state index is 0.0590. The molecule has 100 valence electrons. The number of urea groups is 1. The molecular formula is C12H24N2O3. The topological polar surface area (TPSA) is 69.6 Å². The number of carboxylic acids is 1. The number of nitrogens with zero attached hydrogens (tertiary/aromatic N) is 1. The normalized spacial score (nSPS) is 12.6. The van der Waals surface area contributed by atoms with Crippen molar-refractivity contribution in [1.29, 1.82) is 0 Å². The second-order valence-electron chi connectivity index (χ2n) is 4.89. The Balaban J connectivity index is 4.56. The van der Waals surface area contributed by atoms with E-state index in [1.807, 2.05) is 27.7 Å². The van der Waals surface area contributed by atoms with Gasteiger partial charge in [-0.2, -0.15) is 0 Å². The smallest absolute Gasteiger partial charge is 0.326 e. The van der Waals surface area contributed by atoms with Crippen LogP contribution in [0.3, 0.4) is 0 Å². The quantitative estimate of drug-likeness (QED) is 0.750. The van der Waals surface area contributed by atoms with Crippen LogP contribution in [-0.2, 0) is 4.79 Å². The maximum atomic E-state index is 11.9. The van der Waals surface area contributed by atoms with Gasteiger partial charge in [0.05, 0.1) is 0 Å². The standard InChI is InChI=1S/C12H24N2O3/c1-6-10(11(15)16)13-12(17)14(9(4)5)7-8(2)3/h8-10H,6-7H2,1-5H3,(H,13,17)(H,15,16). The number of hydrogen-bond acceptors (Lipinski definition) is 2. The molecule has 0 saturated heterocycles. The van der Waals surface area contributed by atoms with E-state index in [0.29, 0.717) is 18.9 Å². The van der Waals surface area contributed by atoms with Crippen molar-refractivity contribution in [1.82, 2.24) is 10.2 Å². The summed E-state index contributed by atoms with van der Waals surface area (Å²) in [4.78, 5) is 24.5. The van der Waals surface area contributed by atoms with Crippen molar-refractivity contribution in [3.8, 4) is 0 Å². The lowest BCUT2D eigenvalue weighted by atomic mass is 10.2. The molecule has 5 heteroatoms. The molecule has 17 heavy (non-hydrogen) atoms. The highest BCUT2D eigenvalue weighted by Crippen LogP contribution is 2.05. The van der Waals surface area contributed by atoms with E-state index in [0.717, 1.165) is 0 Å². The molecular weight excluding hydrogens is 220 g/mol. The Morgan fingerprint density at radius 2 is 1.76 bits per heavy atom. The molecule has 0 aliphatic rings. The van der Waals surface area contributed by atoms with Crippen LogP contribution in [0.1, 0.15) is 41.0 Å². The second kappa shape index (κ2) is 7.14. The number of amides is 2. The molecule has 1 unspecified atom stereocenters. The average Bonchev–Trinajstić information content (AvgIpc) is 2.20. The molecule has 2 amide bonds. The number of hydrogen-bond donors (Lipinski definition) is 2. The first-order chi connectivity index (χ1) is 7.79. The lowest BCUT2D eigenvalue weighted by molar-refractivity contribution is -0.139. The Morgan fingerprint density at radius 1 is 1.24 bits per heavy atom. The van der Waals surface area contributed by atoms with Crippen LogP contribution < -0.4 is 5.32 Å². The first kappa shape index (κ1) is 15.7. The Morgan fingerprint density at radius 3 is 2.06 bits per heavy atom. The van der Waals surface area contributed by atoms with Crippen molar-refractivity contribution >= 4 is 12.0 Å². The van der Waals surface area contributed by atoms with Gasteiger partial charge in [0.15, 0.2) is 0 Å². The van der Waals surface area contributed by atoms with Crippen LogP contribution in [0.5, 0.6) is 0 Å². The molecule has 2 N–H and O–H groups in total. The van der Waals surface area contributed by atoms with Crippen LogP contribution in [0.25, 0.3) is 0 Å². The molecule has 0 spiro atoms. The van der Waals surface area contributed by atoms with Gasteiger partial charge in [0.1, 0.15) is 6.04 Å². The zero-order chi connectivity index (χ0) is 13.6. The van der Waals surface area contributed by atoms with Gasteiger partial charge in [-0.05, 0) is 26.2 Å². The number of carbonyl (C=O) groups is 2. The minimum atomic E-state index is -0.992. The highest BCUT2D eigenvalue weighted by Gasteiger charge is 2.23. The van der Waals surface area contributed by atoms with Crippen LogP contribution in [0.4, 0.5) is 4.79 Å². The van der Waals surface area contributed by atoms with Gasteiger partial charge in [-0.1, -0.05) is 20.8 Å². The van der Waals surface area contributed by atoms with Crippen molar-refractivity contribution in [3.63, 3.8) is 0 Å². The highest BCUT2D eigenvalue weighted by atomic mass is 16.4. The molecule has 0 bridgehead atoms. The predicted molar refractivity (Wildman–Crippen MR) is 66.9 cm³/mol. The van der Waals surface area contributed by atoms with Gasteiger partial charge >= 0.3 is 12.0 Å². The fourth-order valence-corrected chi connectivity index (χ4v) is 1.49. The monoisotopic (exact) mass is 244 g/mol. The van der Waals surface area contributed by atoms with Crippen molar-refractivity contribution in [2.75, 3.05) is 6.54 Å². The van der Waals surface area contributed by atoms with Crippen LogP contribution in [0.2, 0.25) is 0 Å². The Bertz CT molecular complexity index is 264. The molecule has 0 aromatic heterocycles. The number of nitrogens with one attached hydrogen (secondary N) is 1. The third kappa shape index (κ3) is 5.56. The summed E-state index contributed by atoms with van der Waals surface area (Å²) in [6.07, 6.45) is 0.384. The van der Waals surface area contributed by atoms with E-state index in [-0.39, 0.29) is 12.1 Å². The van der Waals surface area contributed by atoms with Crippen molar-refractivity contribution in [2.24, 2.45) is 5.92 Å². The van der Waals surface area contributed by atoms with E-state index >= 15 is 0 Å². The van der Waals surface area contributed by atoms with Gasteiger partial charge in [0.2, 0.25) is 0 Å². The SMILES string of the molecule is CCC(NC(=O)N(CC(C)C)C(C)C)C(=O)O. The first-order valence-corrected chi connectivity index (χ1v) is 6.09. The Labute approximate surface area is 103 Å². The zero-order valence-corrected chi connectivity index (χ0v) is 11.4. The average molecular weight is 244 g/mol. The van der Waals surface area contributed by atoms with Crippen LogP contribution in [-0.4, -0.2) is 40.6 Å². The maximum Gasteiger partial charge on any atom is 0.326 e. The molecule has 1 atom stereocenters. The van der Waals surface area contributed by atoms with Crippen molar-refractivity contribution < 1.29 is 14.7 Å². The first-order valence-electron chi connectivity index (χ1n) is 6.09. The summed E-state index contributed by atoms with van der Waals surface area (Å²) in [5, 5.41) is 11.4. The summed E-state index contributed by atoms with van der Waals surface area (Å²) < 4.78 is 0. The zero-order valence-electron chi connectivity index (χ0n) is 11.4. The third-order valence-electron chi connectivity index (χ3n) is 2.45. The van der Waals surface area contributed by atoms with E-state index in [1.54, 1.807) is 11.8 Å². The van der Waals surface area contributed by atoms with Gasteiger partial charge in [0.25, 0.3) is 0 Å². The van der Waals surface area contributed by atoms with E-state index in [2.05, 4.69) is 5.32 Å². The summed E-state index contributed by atoms with van der Waals surface area (Å²) in [5.74, 6) is -0.637. The molecule has 5 nitrogen and oxygen atoms in total. The second-order valence-corrected chi connectivity index (χ2v) is 4.89. The number of aliphatic carboxylic acids is 1. The Kier molecular flexibility index (Phi) is 6.61. The molecule has 0 aliphatic heterocycles. The fourth-order valence-electron chi connectivity index (χ4n) is 1.49. The van der Waals surface area contributed by atoms with Crippen LogP contribution >= 0.6 is 0 Å². The largest absolute Gasteiger partial charge is 0.480 e. The molecule has 0 heterocycles. The van der Waals surface area contributed by atoms with Gasteiger partial charge in [-0.15, -0.1) is 0 Å². The lowest BCUT2D eigenvalue weighted by Crippen LogP contribution is -2.50. The highest BCUT2D eigenvalue weighted by molar-refractivity contribution is 5.82. The fraction of sp³-hybridized carbons (Fsp3) is 0.833. The van der Waals surface area contributed by atoms with Gasteiger partial charge < -0.3 is 15.3 Å². The molecule has 0 fully saturated rings. The molecule has 0 aromatic rings.